The minimum atomic E-state index is -4.30. The molecule has 0 aliphatic heterocycles. The van der Waals surface area contributed by atoms with Crippen LogP contribution in [0.5, 0.6) is 0 Å². The Balaban J connectivity index is 4.38. The fourth-order valence-electron chi connectivity index (χ4n) is 5.48. The number of esters is 1. The molecule has 8 nitrogen and oxygen atoms in total. The van der Waals surface area contributed by atoms with E-state index in [0.29, 0.717) is 17.4 Å². The zero-order chi connectivity index (χ0) is 40.6. The van der Waals surface area contributed by atoms with E-state index in [1.807, 2.05) is 27.2 Å². The SMILES string of the molecule is CC/C=C\C/C=C\C/C=C\C/C=C\C/C=C\CCCCCC(=O)O[C@H](CO/C=C\CCCCCCCCCCCCCC)COP(=O)(O)OCC[N+](C)(C)C. The zero-order valence-corrected chi connectivity index (χ0v) is 36.8. The van der Waals surface area contributed by atoms with E-state index in [0.717, 1.165) is 64.2 Å². The van der Waals surface area contributed by atoms with Crippen molar-refractivity contribution in [1.29, 1.82) is 0 Å². The number of carbonyl (C=O) groups is 1. The van der Waals surface area contributed by atoms with Crippen LogP contribution in [0, 0.1) is 0 Å². The van der Waals surface area contributed by atoms with E-state index in [1.165, 1.54) is 70.6 Å². The summed E-state index contributed by atoms with van der Waals surface area (Å²) < 4.78 is 34.7. The molecule has 55 heavy (non-hydrogen) atoms. The Hall–Kier alpha value is -2.22. The third kappa shape index (κ3) is 42.8. The number of hydrogen-bond acceptors (Lipinski definition) is 6. The molecule has 9 heteroatoms. The highest BCUT2D eigenvalue weighted by atomic mass is 31.2. The van der Waals surface area contributed by atoms with E-state index in [-0.39, 0.29) is 32.2 Å². The van der Waals surface area contributed by atoms with Crippen molar-refractivity contribution >= 4 is 13.8 Å². The van der Waals surface area contributed by atoms with Crippen molar-refractivity contribution in [3.63, 3.8) is 0 Å². The number of nitrogens with zero attached hydrogens (tertiary/aromatic N) is 1. The molecule has 0 saturated heterocycles. The van der Waals surface area contributed by atoms with E-state index < -0.39 is 13.9 Å². The standard InChI is InChI=1S/C46H82NO7P/c1-6-8-10-12-14-16-18-20-22-23-24-25-26-27-29-31-33-35-37-39-46(48)54-45(44-53-55(49,50)52-42-40-47(3,4)5)43-51-41-38-36-34-32-30-28-21-19-17-15-13-11-9-7-2/h8,10,14,16,20,22,24-25,27,29,38,41,45H,6-7,9,11-13,15,17-19,21,23,26,28,30-37,39-40,42-44H2,1-5H3/p+1/b10-8-,16-14-,22-20-,25-24-,29-27-,41-38-/t45-/m1/s1. The van der Waals surface area contributed by atoms with Gasteiger partial charge in [-0.2, -0.15) is 0 Å². The van der Waals surface area contributed by atoms with Crippen LogP contribution >= 0.6 is 7.82 Å². The lowest BCUT2D eigenvalue weighted by atomic mass is 10.0. The molecule has 0 saturated carbocycles. The van der Waals surface area contributed by atoms with Crippen LogP contribution in [0.1, 0.15) is 162 Å². The summed E-state index contributed by atoms with van der Waals surface area (Å²) in [6.07, 6.45) is 50.3. The molecule has 0 aliphatic rings. The first kappa shape index (κ1) is 52.8. The molecule has 0 rings (SSSR count). The average molecular weight is 793 g/mol. The highest BCUT2D eigenvalue weighted by Gasteiger charge is 2.26. The molecule has 0 aliphatic carbocycles. The van der Waals surface area contributed by atoms with Crippen molar-refractivity contribution in [1.82, 2.24) is 0 Å². The molecule has 0 fully saturated rings. The quantitative estimate of drug-likeness (QED) is 0.0165. The Morgan fingerprint density at radius 3 is 1.60 bits per heavy atom. The van der Waals surface area contributed by atoms with Crippen molar-refractivity contribution in [2.75, 3.05) is 47.5 Å². The maximum absolute atomic E-state index is 12.7. The number of quaternary nitrogens is 1. The lowest BCUT2D eigenvalue weighted by molar-refractivity contribution is -0.870. The monoisotopic (exact) mass is 793 g/mol. The van der Waals surface area contributed by atoms with Crippen LogP contribution in [0.4, 0.5) is 0 Å². The summed E-state index contributed by atoms with van der Waals surface area (Å²) in [7, 11) is 1.60. The predicted molar refractivity (Wildman–Crippen MR) is 233 cm³/mol. The van der Waals surface area contributed by atoms with Crippen LogP contribution in [-0.2, 0) is 27.9 Å². The molecule has 0 amide bonds. The van der Waals surface area contributed by atoms with Gasteiger partial charge in [0.05, 0.1) is 34.0 Å². The summed E-state index contributed by atoms with van der Waals surface area (Å²) in [5, 5.41) is 0. The fraction of sp³-hybridized carbons (Fsp3) is 0.717. The number of ether oxygens (including phenoxy) is 2. The smallest absolute Gasteiger partial charge is 0.472 e. The number of hydrogen-bond donors (Lipinski definition) is 1. The van der Waals surface area contributed by atoms with E-state index in [1.54, 1.807) is 6.26 Å². The Morgan fingerprint density at radius 1 is 0.600 bits per heavy atom. The van der Waals surface area contributed by atoms with Crippen LogP contribution in [-0.4, -0.2) is 69.0 Å². The van der Waals surface area contributed by atoms with Crippen LogP contribution in [0.2, 0.25) is 0 Å². The maximum Gasteiger partial charge on any atom is 0.472 e. The summed E-state index contributed by atoms with van der Waals surface area (Å²) in [6.45, 7) is 4.76. The van der Waals surface area contributed by atoms with Gasteiger partial charge in [0, 0.05) is 6.42 Å². The Morgan fingerprint density at radius 2 is 1.07 bits per heavy atom. The van der Waals surface area contributed by atoms with E-state index in [2.05, 4.69) is 74.6 Å². The summed E-state index contributed by atoms with van der Waals surface area (Å²) in [6, 6.07) is 0. The zero-order valence-electron chi connectivity index (χ0n) is 35.9. The first-order valence-electron chi connectivity index (χ1n) is 21.7. The minimum Gasteiger partial charge on any atom is -0.498 e. The molecular formula is C46H83NO7P+. The maximum atomic E-state index is 12.7. The number of phosphoric acid groups is 1. The average Bonchev–Trinajstić information content (AvgIpc) is 3.13. The van der Waals surface area contributed by atoms with Crippen molar-refractivity contribution < 1.29 is 37.3 Å². The second-order valence-electron chi connectivity index (χ2n) is 15.4. The molecule has 0 aromatic carbocycles. The number of unbranched alkanes of at least 4 members (excludes halogenated alkanes) is 15. The first-order chi connectivity index (χ1) is 26.6. The molecule has 0 aromatic rings. The third-order valence-corrected chi connectivity index (χ3v) is 9.83. The van der Waals surface area contributed by atoms with Gasteiger partial charge in [-0.1, -0.05) is 152 Å². The Bertz CT molecular complexity index is 1110. The van der Waals surface area contributed by atoms with Gasteiger partial charge in [0.15, 0.2) is 6.10 Å². The van der Waals surface area contributed by atoms with Crippen LogP contribution in [0.15, 0.2) is 73.1 Å². The van der Waals surface area contributed by atoms with Gasteiger partial charge < -0.3 is 18.9 Å². The number of rotatable bonds is 39. The van der Waals surface area contributed by atoms with E-state index in [9.17, 15) is 14.3 Å². The second kappa shape index (κ2) is 38.6. The lowest BCUT2D eigenvalue weighted by Crippen LogP contribution is -2.37. The molecule has 318 valence electrons. The van der Waals surface area contributed by atoms with E-state index >= 15 is 0 Å². The molecule has 0 radical (unpaired) electrons. The van der Waals surface area contributed by atoms with Gasteiger partial charge in [0.2, 0.25) is 0 Å². The van der Waals surface area contributed by atoms with Crippen molar-refractivity contribution in [3.8, 4) is 0 Å². The highest BCUT2D eigenvalue weighted by Crippen LogP contribution is 2.43. The molecule has 1 N–H and O–H groups in total. The van der Waals surface area contributed by atoms with Gasteiger partial charge in [-0.15, -0.1) is 0 Å². The molecule has 0 spiro atoms. The second-order valence-corrected chi connectivity index (χ2v) is 16.9. The normalized spacial score (nSPS) is 14.4. The first-order valence-corrected chi connectivity index (χ1v) is 23.2. The van der Waals surface area contributed by atoms with Crippen LogP contribution in [0.3, 0.4) is 0 Å². The lowest BCUT2D eigenvalue weighted by Gasteiger charge is -2.24. The Labute approximate surface area is 338 Å². The van der Waals surface area contributed by atoms with Gasteiger partial charge in [-0.3, -0.25) is 13.8 Å². The highest BCUT2D eigenvalue weighted by molar-refractivity contribution is 7.47. The van der Waals surface area contributed by atoms with Gasteiger partial charge in [0.25, 0.3) is 0 Å². The van der Waals surface area contributed by atoms with Gasteiger partial charge in [0.1, 0.15) is 19.8 Å². The van der Waals surface area contributed by atoms with Crippen molar-refractivity contribution in [2.45, 2.75) is 168 Å². The van der Waals surface area contributed by atoms with E-state index in [4.69, 9.17) is 18.5 Å². The van der Waals surface area contributed by atoms with Crippen molar-refractivity contribution in [3.05, 3.63) is 73.1 Å². The largest absolute Gasteiger partial charge is 0.498 e. The molecular weight excluding hydrogens is 709 g/mol. The summed E-state index contributed by atoms with van der Waals surface area (Å²) in [4.78, 5) is 22.8. The summed E-state index contributed by atoms with van der Waals surface area (Å²) >= 11 is 0. The van der Waals surface area contributed by atoms with Gasteiger partial charge >= 0.3 is 13.8 Å². The molecule has 2 atom stereocenters. The summed E-state index contributed by atoms with van der Waals surface area (Å²) in [5.74, 6) is -0.369. The minimum absolute atomic E-state index is 0.0314. The Kier molecular flexibility index (Phi) is 37.1. The summed E-state index contributed by atoms with van der Waals surface area (Å²) in [5.41, 5.74) is 0. The van der Waals surface area contributed by atoms with Crippen LogP contribution < -0.4 is 0 Å². The van der Waals surface area contributed by atoms with Gasteiger partial charge in [-0.05, 0) is 70.3 Å². The van der Waals surface area contributed by atoms with Crippen LogP contribution in [0.25, 0.3) is 0 Å². The third-order valence-electron chi connectivity index (χ3n) is 8.85. The van der Waals surface area contributed by atoms with Crippen molar-refractivity contribution in [2.24, 2.45) is 0 Å². The topological polar surface area (TPSA) is 91.3 Å². The van der Waals surface area contributed by atoms with Gasteiger partial charge in [-0.25, -0.2) is 4.57 Å². The predicted octanol–water partition coefficient (Wildman–Crippen LogP) is 13.1. The number of carbonyl (C=O) groups excluding carboxylic acids is 1. The number of likely N-dealkylation sites (N-methyl/N-ethyl adjacent to an activating group) is 1. The molecule has 0 bridgehead atoms. The molecule has 0 aromatic heterocycles. The fourth-order valence-corrected chi connectivity index (χ4v) is 6.23. The number of phosphoric ester groups is 1. The molecule has 1 unspecified atom stereocenters. The number of allylic oxidation sites excluding steroid dienone is 11. The molecule has 0 heterocycles.